The molecule has 0 saturated heterocycles. The van der Waals surface area contributed by atoms with Gasteiger partial charge in [0.15, 0.2) is 0 Å². The fourth-order valence-electron chi connectivity index (χ4n) is 5.02. The van der Waals surface area contributed by atoms with Crippen molar-refractivity contribution in [3.05, 3.63) is 129 Å². The van der Waals surface area contributed by atoms with Crippen molar-refractivity contribution in [2.24, 2.45) is 0 Å². The van der Waals surface area contributed by atoms with Crippen molar-refractivity contribution in [3.8, 4) is 0 Å². The Morgan fingerprint density at radius 2 is 1.48 bits per heavy atom. The normalized spacial score (nSPS) is 12.7. The van der Waals surface area contributed by atoms with Gasteiger partial charge in [-0.05, 0) is 74.2 Å². The molecule has 0 saturated carbocycles. The molecule has 10 heteroatoms. The van der Waals surface area contributed by atoms with Gasteiger partial charge < -0.3 is 10.2 Å². The van der Waals surface area contributed by atoms with E-state index in [0.717, 1.165) is 15.4 Å². The predicted octanol–water partition coefficient (Wildman–Crippen LogP) is 7.36. The van der Waals surface area contributed by atoms with Crippen LogP contribution in [0.2, 0.25) is 10.0 Å². The van der Waals surface area contributed by atoms with E-state index in [1.54, 1.807) is 55.5 Å². The standard InChI is InChI=1S/C36H39Cl2N3O4S/c1-5-27(4)39-36(43)34(22-28-12-7-6-8-13-28)40(23-29-17-20-31(37)32(38)21-29)35(42)24-41(33-14-10-9-11-26(33)3)46(44,45)30-18-15-25(2)16-19-30/h6-21,27,34H,5,22-24H2,1-4H3,(H,39,43). The van der Waals surface area contributed by atoms with E-state index in [9.17, 15) is 18.0 Å². The van der Waals surface area contributed by atoms with Crippen LogP contribution < -0.4 is 9.62 Å². The van der Waals surface area contributed by atoms with E-state index >= 15 is 0 Å². The number of halogens is 2. The molecule has 0 bridgehead atoms. The molecule has 2 unspecified atom stereocenters. The second-order valence-corrected chi connectivity index (χ2v) is 14.1. The lowest BCUT2D eigenvalue weighted by Gasteiger charge is -2.34. The summed E-state index contributed by atoms with van der Waals surface area (Å²) >= 11 is 12.5. The van der Waals surface area contributed by atoms with Crippen LogP contribution in [0.5, 0.6) is 0 Å². The highest BCUT2D eigenvalue weighted by molar-refractivity contribution is 7.92. The molecule has 46 heavy (non-hydrogen) atoms. The molecule has 4 rings (SSSR count). The molecule has 1 N–H and O–H groups in total. The highest BCUT2D eigenvalue weighted by Crippen LogP contribution is 2.29. The summed E-state index contributed by atoms with van der Waals surface area (Å²) in [4.78, 5) is 30.0. The van der Waals surface area contributed by atoms with Crippen LogP contribution in [-0.2, 0) is 32.6 Å². The van der Waals surface area contributed by atoms with Gasteiger partial charge >= 0.3 is 0 Å². The summed E-state index contributed by atoms with van der Waals surface area (Å²) in [5.41, 5.74) is 3.44. The fourth-order valence-corrected chi connectivity index (χ4v) is 6.82. The highest BCUT2D eigenvalue weighted by atomic mass is 35.5. The topological polar surface area (TPSA) is 86.8 Å². The van der Waals surface area contributed by atoms with Crippen molar-refractivity contribution in [3.63, 3.8) is 0 Å². The number of hydrogen-bond acceptors (Lipinski definition) is 4. The van der Waals surface area contributed by atoms with Gasteiger partial charge in [-0.15, -0.1) is 0 Å². The van der Waals surface area contributed by atoms with Crippen LogP contribution in [0.25, 0.3) is 0 Å². The molecule has 0 fully saturated rings. The van der Waals surface area contributed by atoms with Crippen molar-refractivity contribution in [2.45, 2.75) is 64.1 Å². The van der Waals surface area contributed by atoms with Gasteiger partial charge in [-0.1, -0.05) is 102 Å². The number of hydrogen-bond donors (Lipinski definition) is 1. The zero-order valence-electron chi connectivity index (χ0n) is 26.4. The average Bonchev–Trinajstić information content (AvgIpc) is 3.04. The third-order valence-corrected chi connectivity index (χ3v) is 10.4. The van der Waals surface area contributed by atoms with Crippen molar-refractivity contribution < 1.29 is 18.0 Å². The number of amides is 2. The first kappa shape index (κ1) is 35.0. The average molecular weight is 681 g/mol. The molecular weight excluding hydrogens is 641 g/mol. The number of carbonyl (C=O) groups is 2. The maximum Gasteiger partial charge on any atom is 0.264 e. The number of carbonyl (C=O) groups excluding carboxylic acids is 2. The van der Waals surface area contributed by atoms with Crippen LogP contribution >= 0.6 is 23.2 Å². The van der Waals surface area contributed by atoms with Gasteiger partial charge in [0.2, 0.25) is 11.8 Å². The first-order chi connectivity index (χ1) is 21.9. The number of sulfonamides is 1. The van der Waals surface area contributed by atoms with Gasteiger partial charge in [0.25, 0.3) is 10.0 Å². The first-order valence-electron chi connectivity index (χ1n) is 15.1. The molecule has 7 nitrogen and oxygen atoms in total. The van der Waals surface area contributed by atoms with Gasteiger partial charge in [-0.2, -0.15) is 0 Å². The van der Waals surface area contributed by atoms with E-state index in [4.69, 9.17) is 23.2 Å². The Balaban J connectivity index is 1.83. The Hall–Kier alpha value is -3.85. The first-order valence-corrected chi connectivity index (χ1v) is 17.3. The molecule has 0 aliphatic carbocycles. The number of para-hydroxylation sites is 1. The SMILES string of the molecule is CCC(C)NC(=O)C(Cc1ccccc1)N(Cc1ccc(Cl)c(Cl)c1)C(=O)CN(c1ccccc1C)S(=O)(=O)c1ccc(C)cc1. The molecule has 4 aromatic carbocycles. The number of nitrogens with zero attached hydrogens (tertiary/aromatic N) is 2. The zero-order valence-corrected chi connectivity index (χ0v) is 28.7. The van der Waals surface area contributed by atoms with E-state index in [1.165, 1.54) is 17.0 Å². The van der Waals surface area contributed by atoms with Crippen molar-refractivity contribution in [1.82, 2.24) is 10.2 Å². The monoisotopic (exact) mass is 679 g/mol. The van der Waals surface area contributed by atoms with Gasteiger partial charge in [0.05, 0.1) is 20.6 Å². The van der Waals surface area contributed by atoms with Crippen molar-refractivity contribution in [1.29, 1.82) is 0 Å². The molecule has 0 radical (unpaired) electrons. The third-order valence-electron chi connectivity index (χ3n) is 7.88. The second kappa shape index (κ2) is 15.6. The molecule has 242 valence electrons. The van der Waals surface area contributed by atoms with Crippen LogP contribution in [-0.4, -0.2) is 43.8 Å². The maximum absolute atomic E-state index is 14.6. The lowest BCUT2D eigenvalue weighted by Crippen LogP contribution is -2.54. The van der Waals surface area contributed by atoms with Crippen LogP contribution in [0.15, 0.2) is 102 Å². The molecule has 0 aliphatic rings. The van der Waals surface area contributed by atoms with E-state index < -0.39 is 28.5 Å². The summed E-state index contributed by atoms with van der Waals surface area (Å²) < 4.78 is 29.6. The van der Waals surface area contributed by atoms with Gasteiger partial charge in [0.1, 0.15) is 12.6 Å². The molecule has 0 aromatic heterocycles. The van der Waals surface area contributed by atoms with E-state index in [-0.39, 0.29) is 29.8 Å². The molecule has 0 spiro atoms. The predicted molar refractivity (Wildman–Crippen MR) is 186 cm³/mol. The maximum atomic E-state index is 14.6. The number of aryl methyl sites for hydroxylation is 2. The number of benzene rings is 4. The third kappa shape index (κ3) is 8.69. The quantitative estimate of drug-likeness (QED) is 0.160. The Labute approximate surface area is 282 Å². The zero-order chi connectivity index (χ0) is 33.4. The molecule has 2 atom stereocenters. The van der Waals surface area contributed by atoms with E-state index in [2.05, 4.69) is 5.32 Å². The minimum Gasteiger partial charge on any atom is -0.352 e. The fraction of sp³-hybridized carbons (Fsp3) is 0.278. The molecule has 2 amide bonds. The summed E-state index contributed by atoms with van der Waals surface area (Å²) in [7, 11) is -4.19. The number of nitrogens with one attached hydrogen (secondary N) is 1. The van der Waals surface area contributed by atoms with Crippen LogP contribution in [0, 0.1) is 13.8 Å². The summed E-state index contributed by atoms with van der Waals surface area (Å²) in [6.07, 6.45) is 0.908. The van der Waals surface area contributed by atoms with E-state index in [1.807, 2.05) is 57.2 Å². The van der Waals surface area contributed by atoms with E-state index in [0.29, 0.717) is 33.3 Å². The largest absolute Gasteiger partial charge is 0.352 e. The van der Waals surface area contributed by atoms with Gasteiger partial charge in [-0.3, -0.25) is 13.9 Å². The molecule has 0 heterocycles. The minimum atomic E-state index is -4.19. The second-order valence-electron chi connectivity index (χ2n) is 11.4. The smallest absolute Gasteiger partial charge is 0.264 e. The number of anilines is 1. The summed E-state index contributed by atoms with van der Waals surface area (Å²) in [5.74, 6) is -0.888. The van der Waals surface area contributed by atoms with Crippen LogP contribution in [0.4, 0.5) is 5.69 Å². The number of rotatable bonds is 13. The summed E-state index contributed by atoms with van der Waals surface area (Å²) in [6, 6.07) is 26.9. The van der Waals surface area contributed by atoms with Crippen LogP contribution in [0.1, 0.15) is 42.5 Å². The Kier molecular flexibility index (Phi) is 11.9. The van der Waals surface area contributed by atoms with Crippen molar-refractivity contribution >= 4 is 50.7 Å². The Bertz CT molecular complexity index is 1770. The summed E-state index contributed by atoms with van der Waals surface area (Å²) in [5, 5.41) is 3.69. The molecule has 0 aliphatic heterocycles. The molecular formula is C36H39Cl2N3O4S. The Morgan fingerprint density at radius 3 is 2.11 bits per heavy atom. The lowest BCUT2D eigenvalue weighted by molar-refractivity contribution is -0.140. The summed E-state index contributed by atoms with van der Waals surface area (Å²) in [6.45, 7) is 6.99. The van der Waals surface area contributed by atoms with Gasteiger partial charge in [0, 0.05) is 19.0 Å². The van der Waals surface area contributed by atoms with Gasteiger partial charge in [-0.25, -0.2) is 8.42 Å². The Morgan fingerprint density at radius 1 is 0.826 bits per heavy atom. The molecule has 4 aromatic rings. The highest BCUT2D eigenvalue weighted by Gasteiger charge is 2.35. The van der Waals surface area contributed by atoms with Crippen LogP contribution in [0.3, 0.4) is 0 Å². The minimum absolute atomic E-state index is 0.00661. The van der Waals surface area contributed by atoms with Crippen molar-refractivity contribution in [2.75, 3.05) is 10.8 Å². The lowest BCUT2D eigenvalue weighted by atomic mass is 10.0.